The quantitative estimate of drug-likeness (QED) is 0.861. The minimum Gasteiger partial charge on any atom is -0.390 e. The molecule has 0 bridgehead atoms. The van der Waals surface area contributed by atoms with Gasteiger partial charge in [0.05, 0.1) is 17.8 Å². The highest BCUT2D eigenvalue weighted by Crippen LogP contribution is 2.15. The molecule has 0 radical (unpaired) electrons. The van der Waals surface area contributed by atoms with Gasteiger partial charge in [0.25, 0.3) is 5.91 Å². The third kappa shape index (κ3) is 5.21. The van der Waals surface area contributed by atoms with E-state index in [0.29, 0.717) is 12.0 Å². The van der Waals surface area contributed by atoms with E-state index >= 15 is 0 Å². The summed E-state index contributed by atoms with van der Waals surface area (Å²) in [5, 5.41) is 16.8. The van der Waals surface area contributed by atoms with Crippen molar-refractivity contribution in [3.8, 4) is 0 Å². The molecule has 1 aromatic heterocycles. The van der Waals surface area contributed by atoms with Crippen LogP contribution in [0.2, 0.25) is 0 Å². The zero-order valence-electron chi connectivity index (χ0n) is 14.2. The van der Waals surface area contributed by atoms with Crippen LogP contribution in [0.3, 0.4) is 0 Å². The highest BCUT2D eigenvalue weighted by molar-refractivity contribution is 5.94. The highest BCUT2D eigenvalue weighted by atomic mass is 16.3. The number of carbonyl (C=O) groups is 1. The number of aliphatic hydroxyl groups is 1. The Hall–Kier alpha value is -2.14. The average Bonchev–Trinajstić information content (AvgIpc) is 2.91. The van der Waals surface area contributed by atoms with Crippen molar-refractivity contribution in [3.63, 3.8) is 0 Å². The van der Waals surface area contributed by atoms with Crippen molar-refractivity contribution in [2.45, 2.75) is 45.3 Å². The third-order valence-corrected chi connectivity index (χ3v) is 3.81. The summed E-state index contributed by atoms with van der Waals surface area (Å²) in [7, 11) is 1.85. The van der Waals surface area contributed by atoms with Crippen LogP contribution in [-0.2, 0) is 13.5 Å². The molecule has 2 N–H and O–H groups in total. The molecular weight excluding hydrogens is 290 g/mol. The Kier molecular flexibility index (Phi) is 5.21. The smallest absolute Gasteiger partial charge is 0.251 e. The Labute approximate surface area is 137 Å². The molecule has 124 valence electrons. The average molecular weight is 315 g/mol. The van der Waals surface area contributed by atoms with Crippen molar-refractivity contribution in [1.29, 1.82) is 0 Å². The second-order valence-corrected chi connectivity index (χ2v) is 6.65. The molecule has 0 aliphatic rings. The van der Waals surface area contributed by atoms with Crippen molar-refractivity contribution in [2.75, 3.05) is 0 Å². The monoisotopic (exact) mass is 315 g/mol. The Balaban J connectivity index is 1.94. The maximum Gasteiger partial charge on any atom is 0.251 e. The van der Waals surface area contributed by atoms with Crippen molar-refractivity contribution in [3.05, 3.63) is 53.3 Å². The van der Waals surface area contributed by atoms with Gasteiger partial charge in [-0.15, -0.1) is 0 Å². The number of aromatic nitrogens is 2. The largest absolute Gasteiger partial charge is 0.390 e. The van der Waals surface area contributed by atoms with Gasteiger partial charge >= 0.3 is 0 Å². The van der Waals surface area contributed by atoms with Crippen molar-refractivity contribution >= 4 is 5.91 Å². The summed E-state index contributed by atoms with van der Waals surface area (Å²) in [6, 6.07) is 7.44. The Morgan fingerprint density at radius 2 is 2.00 bits per heavy atom. The van der Waals surface area contributed by atoms with Crippen molar-refractivity contribution in [1.82, 2.24) is 15.1 Å². The van der Waals surface area contributed by atoms with Gasteiger partial charge in [-0.3, -0.25) is 9.48 Å². The summed E-state index contributed by atoms with van der Waals surface area (Å²) in [5.74, 6) is -0.101. The van der Waals surface area contributed by atoms with Crippen LogP contribution < -0.4 is 5.32 Å². The molecule has 1 atom stereocenters. The summed E-state index contributed by atoms with van der Waals surface area (Å²) in [6.07, 6.45) is 5.13. The van der Waals surface area contributed by atoms with Crippen molar-refractivity contribution < 1.29 is 9.90 Å². The molecule has 5 nitrogen and oxygen atoms in total. The summed E-state index contributed by atoms with van der Waals surface area (Å²) >= 11 is 0. The molecule has 2 rings (SSSR count). The number of hydrogen-bond donors (Lipinski definition) is 2. The van der Waals surface area contributed by atoms with E-state index in [-0.39, 0.29) is 11.9 Å². The van der Waals surface area contributed by atoms with E-state index in [1.165, 1.54) is 0 Å². The number of amides is 1. The van der Waals surface area contributed by atoms with Crippen molar-refractivity contribution in [2.24, 2.45) is 7.05 Å². The zero-order valence-corrected chi connectivity index (χ0v) is 14.2. The van der Waals surface area contributed by atoms with E-state index in [1.807, 2.05) is 44.4 Å². The van der Waals surface area contributed by atoms with E-state index in [0.717, 1.165) is 17.5 Å². The molecule has 0 saturated heterocycles. The fraction of sp³-hybridized carbons (Fsp3) is 0.444. The van der Waals surface area contributed by atoms with E-state index < -0.39 is 5.60 Å². The number of rotatable bonds is 6. The minimum atomic E-state index is -0.671. The predicted molar refractivity (Wildman–Crippen MR) is 90.2 cm³/mol. The first-order valence-corrected chi connectivity index (χ1v) is 7.85. The maximum absolute atomic E-state index is 12.3. The molecule has 0 aliphatic carbocycles. The van der Waals surface area contributed by atoms with Gasteiger partial charge in [0.1, 0.15) is 0 Å². The molecule has 1 amide bonds. The molecule has 0 fully saturated rings. The molecule has 1 heterocycles. The van der Waals surface area contributed by atoms with Crippen LogP contribution in [-0.4, -0.2) is 26.4 Å². The van der Waals surface area contributed by atoms with E-state index in [9.17, 15) is 9.90 Å². The van der Waals surface area contributed by atoms with Gasteiger partial charge in [-0.1, -0.05) is 12.1 Å². The lowest BCUT2D eigenvalue weighted by Gasteiger charge is -2.16. The molecule has 1 aromatic carbocycles. The number of hydrogen-bond acceptors (Lipinski definition) is 3. The van der Waals surface area contributed by atoms with Gasteiger partial charge in [-0.2, -0.15) is 5.10 Å². The lowest BCUT2D eigenvalue weighted by atomic mass is 9.98. The van der Waals surface area contributed by atoms with E-state index in [4.69, 9.17) is 0 Å². The number of benzene rings is 1. The zero-order chi connectivity index (χ0) is 17.0. The second kappa shape index (κ2) is 6.96. The summed E-state index contributed by atoms with van der Waals surface area (Å²) in [4.78, 5) is 12.3. The SMILES string of the molecule is C[C@@H](NC(=O)c1ccc(CCC(C)(C)O)cc1)c1cnn(C)c1. The Morgan fingerprint density at radius 3 is 2.52 bits per heavy atom. The molecule has 0 spiro atoms. The first kappa shape index (κ1) is 17.2. The van der Waals surface area contributed by atoms with Crippen LogP contribution in [0.4, 0.5) is 0 Å². The molecule has 0 saturated carbocycles. The Morgan fingerprint density at radius 1 is 1.35 bits per heavy atom. The lowest BCUT2D eigenvalue weighted by Crippen LogP contribution is -2.26. The van der Waals surface area contributed by atoms with Crippen LogP contribution in [0.15, 0.2) is 36.7 Å². The highest BCUT2D eigenvalue weighted by Gasteiger charge is 2.14. The first-order valence-electron chi connectivity index (χ1n) is 7.85. The summed E-state index contributed by atoms with van der Waals surface area (Å²) in [6.45, 7) is 5.54. The number of nitrogens with one attached hydrogen (secondary N) is 1. The van der Waals surface area contributed by atoms with Gasteiger partial charge in [-0.25, -0.2) is 0 Å². The van der Waals surface area contributed by atoms with Gasteiger partial charge in [0, 0.05) is 24.4 Å². The number of carbonyl (C=O) groups excluding carboxylic acids is 1. The van der Waals surface area contributed by atoms with Gasteiger partial charge in [0.2, 0.25) is 0 Å². The predicted octanol–water partition coefficient (Wildman–Crippen LogP) is 2.61. The lowest BCUT2D eigenvalue weighted by molar-refractivity contribution is 0.0713. The first-order chi connectivity index (χ1) is 10.7. The molecule has 23 heavy (non-hydrogen) atoms. The maximum atomic E-state index is 12.3. The standard InChI is InChI=1S/C18H25N3O2/c1-13(16-11-19-21(4)12-16)20-17(22)15-7-5-14(6-8-15)9-10-18(2,3)23/h5-8,11-13,23H,9-10H2,1-4H3,(H,20,22)/t13-/m1/s1. The fourth-order valence-corrected chi connectivity index (χ4v) is 2.30. The van der Waals surface area contributed by atoms with Gasteiger partial charge in [0.15, 0.2) is 0 Å². The molecule has 2 aromatic rings. The molecule has 0 aliphatic heterocycles. The third-order valence-electron chi connectivity index (χ3n) is 3.81. The topological polar surface area (TPSA) is 67.2 Å². The number of nitrogens with zero attached hydrogens (tertiary/aromatic N) is 2. The summed E-state index contributed by atoms with van der Waals surface area (Å²) in [5.41, 5.74) is 2.05. The molecule has 5 heteroatoms. The number of aryl methyl sites for hydroxylation is 2. The van der Waals surface area contributed by atoms with Crippen LogP contribution in [0.5, 0.6) is 0 Å². The van der Waals surface area contributed by atoms with Gasteiger partial charge in [-0.05, 0) is 51.3 Å². The Bertz CT molecular complexity index is 654. The normalized spacial score (nSPS) is 12.9. The van der Waals surface area contributed by atoms with Crippen LogP contribution >= 0.6 is 0 Å². The summed E-state index contributed by atoms with van der Waals surface area (Å²) < 4.78 is 1.72. The van der Waals surface area contributed by atoms with Crippen LogP contribution in [0.25, 0.3) is 0 Å². The molecule has 0 unspecified atom stereocenters. The molecular formula is C18H25N3O2. The van der Waals surface area contributed by atoms with Crippen LogP contribution in [0, 0.1) is 0 Å². The van der Waals surface area contributed by atoms with Crippen LogP contribution in [0.1, 0.15) is 54.7 Å². The fourth-order valence-electron chi connectivity index (χ4n) is 2.30. The minimum absolute atomic E-state index is 0.0916. The van der Waals surface area contributed by atoms with E-state index in [2.05, 4.69) is 10.4 Å². The van der Waals surface area contributed by atoms with E-state index in [1.54, 1.807) is 24.7 Å². The second-order valence-electron chi connectivity index (χ2n) is 6.65. The van der Waals surface area contributed by atoms with Gasteiger partial charge < -0.3 is 10.4 Å².